The Morgan fingerprint density at radius 3 is 2.39 bits per heavy atom. The summed E-state index contributed by atoms with van der Waals surface area (Å²) in [6.45, 7) is 0. The second kappa shape index (κ2) is 5.98. The average molecular weight is 259 g/mol. The molecule has 0 aliphatic carbocycles. The summed E-state index contributed by atoms with van der Waals surface area (Å²) in [6, 6.07) is 16.0. The molecule has 1 N–H and O–H groups in total. The Morgan fingerprint density at radius 1 is 1.06 bits per heavy atom. The monoisotopic (exact) mass is 258 g/mol. The minimum Gasteiger partial charge on any atom is -0.287 e. The Morgan fingerprint density at radius 2 is 1.72 bits per heavy atom. The van der Waals surface area contributed by atoms with E-state index in [4.69, 9.17) is 11.6 Å². The van der Waals surface area contributed by atoms with E-state index in [1.165, 1.54) is 6.21 Å². The lowest BCUT2D eigenvalue weighted by atomic mass is 10.1. The highest BCUT2D eigenvalue weighted by Crippen LogP contribution is 2.13. The second-order valence-electron chi connectivity index (χ2n) is 3.61. The highest BCUT2D eigenvalue weighted by Gasteiger charge is 1.99. The van der Waals surface area contributed by atoms with Crippen molar-refractivity contribution in [2.75, 3.05) is 5.43 Å². The minimum absolute atomic E-state index is 0.142. The van der Waals surface area contributed by atoms with Crippen molar-refractivity contribution < 1.29 is 4.79 Å². The van der Waals surface area contributed by atoms with Gasteiger partial charge >= 0.3 is 0 Å². The van der Waals surface area contributed by atoms with E-state index in [0.29, 0.717) is 10.6 Å². The van der Waals surface area contributed by atoms with Crippen LogP contribution in [0.15, 0.2) is 59.7 Å². The number of anilines is 1. The molecule has 18 heavy (non-hydrogen) atoms. The lowest BCUT2D eigenvalue weighted by Crippen LogP contribution is -2.01. The Labute approximate surface area is 110 Å². The van der Waals surface area contributed by atoms with Crippen LogP contribution in [0.25, 0.3) is 0 Å². The summed E-state index contributed by atoms with van der Waals surface area (Å²) in [5, 5.41) is 4.54. The first-order chi connectivity index (χ1) is 8.75. The third-order valence-electron chi connectivity index (χ3n) is 2.28. The topological polar surface area (TPSA) is 41.5 Å². The maximum absolute atomic E-state index is 11.7. The van der Waals surface area contributed by atoms with Gasteiger partial charge in [0.1, 0.15) is 0 Å². The van der Waals surface area contributed by atoms with Gasteiger partial charge in [-0.2, -0.15) is 5.10 Å². The SMILES string of the molecule is O=C(/C=N/Nc1ccc(Cl)cc1)c1ccccc1. The van der Waals surface area contributed by atoms with Crippen LogP contribution in [0.5, 0.6) is 0 Å². The Bertz CT molecular complexity index is 550. The smallest absolute Gasteiger partial charge is 0.205 e. The first kappa shape index (κ1) is 12.3. The summed E-state index contributed by atoms with van der Waals surface area (Å²) in [7, 11) is 0. The molecule has 0 saturated heterocycles. The van der Waals surface area contributed by atoms with Crippen LogP contribution < -0.4 is 5.43 Å². The molecule has 0 spiro atoms. The molecule has 0 radical (unpaired) electrons. The van der Waals surface area contributed by atoms with Gasteiger partial charge in [-0.05, 0) is 24.3 Å². The number of hydrogen-bond acceptors (Lipinski definition) is 3. The molecule has 0 aliphatic rings. The number of nitrogens with one attached hydrogen (secondary N) is 1. The third kappa shape index (κ3) is 3.43. The Kier molecular flexibility index (Phi) is 4.10. The van der Waals surface area contributed by atoms with E-state index in [1.807, 2.05) is 18.2 Å². The maximum Gasteiger partial charge on any atom is 0.205 e. The first-order valence-electron chi connectivity index (χ1n) is 5.40. The number of hydrazone groups is 1. The number of ketones is 1. The predicted octanol–water partition coefficient (Wildman–Crippen LogP) is 3.62. The number of carbonyl (C=O) groups excluding carboxylic acids is 1. The van der Waals surface area contributed by atoms with Gasteiger partial charge in [0.05, 0.1) is 11.9 Å². The normalized spacial score (nSPS) is 10.5. The van der Waals surface area contributed by atoms with Crippen LogP contribution >= 0.6 is 11.6 Å². The van der Waals surface area contributed by atoms with Gasteiger partial charge in [0.25, 0.3) is 0 Å². The van der Waals surface area contributed by atoms with Gasteiger partial charge in [-0.15, -0.1) is 0 Å². The molecule has 0 bridgehead atoms. The quantitative estimate of drug-likeness (QED) is 0.517. The van der Waals surface area contributed by atoms with Gasteiger partial charge in [-0.25, -0.2) is 0 Å². The minimum atomic E-state index is -0.142. The fourth-order valence-electron chi connectivity index (χ4n) is 1.37. The zero-order chi connectivity index (χ0) is 12.8. The highest BCUT2D eigenvalue weighted by atomic mass is 35.5. The van der Waals surface area contributed by atoms with E-state index in [1.54, 1.807) is 36.4 Å². The molecule has 2 aromatic rings. The summed E-state index contributed by atoms with van der Waals surface area (Å²) >= 11 is 5.76. The van der Waals surface area contributed by atoms with Crippen LogP contribution in [-0.4, -0.2) is 12.0 Å². The fourth-order valence-corrected chi connectivity index (χ4v) is 1.49. The van der Waals surface area contributed by atoms with E-state index in [9.17, 15) is 4.79 Å². The van der Waals surface area contributed by atoms with Gasteiger partial charge in [0, 0.05) is 10.6 Å². The Balaban J connectivity index is 1.96. The molecular formula is C14H11ClN2O. The van der Waals surface area contributed by atoms with Gasteiger partial charge in [-0.3, -0.25) is 10.2 Å². The molecule has 0 fully saturated rings. The molecule has 0 aromatic heterocycles. The van der Waals surface area contributed by atoms with Gasteiger partial charge in [0.15, 0.2) is 0 Å². The molecule has 2 aromatic carbocycles. The molecule has 2 rings (SSSR count). The molecule has 4 heteroatoms. The zero-order valence-corrected chi connectivity index (χ0v) is 10.3. The van der Waals surface area contributed by atoms with E-state index in [2.05, 4.69) is 10.5 Å². The van der Waals surface area contributed by atoms with E-state index in [-0.39, 0.29) is 5.78 Å². The standard InChI is InChI=1S/C14H11ClN2O/c15-12-6-8-13(9-7-12)17-16-10-14(18)11-4-2-1-3-5-11/h1-10,17H/b16-10+. The second-order valence-corrected chi connectivity index (χ2v) is 4.04. The summed E-state index contributed by atoms with van der Waals surface area (Å²) in [4.78, 5) is 11.7. The van der Waals surface area contributed by atoms with Gasteiger partial charge in [0.2, 0.25) is 5.78 Å². The van der Waals surface area contributed by atoms with E-state index in [0.717, 1.165) is 5.69 Å². The first-order valence-corrected chi connectivity index (χ1v) is 5.77. The van der Waals surface area contributed by atoms with Crippen LogP contribution in [0.3, 0.4) is 0 Å². The number of rotatable bonds is 4. The van der Waals surface area contributed by atoms with Crippen molar-refractivity contribution in [3.8, 4) is 0 Å². The van der Waals surface area contributed by atoms with Crippen LogP contribution in [-0.2, 0) is 0 Å². The largest absolute Gasteiger partial charge is 0.287 e. The van der Waals surface area contributed by atoms with Crippen LogP contribution in [0.4, 0.5) is 5.69 Å². The Hall–Kier alpha value is -2.13. The van der Waals surface area contributed by atoms with E-state index >= 15 is 0 Å². The number of halogens is 1. The highest BCUT2D eigenvalue weighted by molar-refractivity contribution is 6.35. The van der Waals surface area contributed by atoms with Gasteiger partial charge < -0.3 is 0 Å². The van der Waals surface area contributed by atoms with Crippen molar-refractivity contribution in [2.45, 2.75) is 0 Å². The number of nitrogens with zero attached hydrogens (tertiary/aromatic N) is 1. The van der Waals surface area contributed by atoms with Crippen LogP contribution in [0.1, 0.15) is 10.4 Å². The van der Waals surface area contributed by atoms with Crippen molar-refractivity contribution in [3.63, 3.8) is 0 Å². The molecule has 90 valence electrons. The van der Waals surface area contributed by atoms with Crippen molar-refractivity contribution >= 4 is 29.3 Å². The maximum atomic E-state index is 11.7. The van der Waals surface area contributed by atoms with E-state index < -0.39 is 0 Å². The molecule has 0 amide bonds. The third-order valence-corrected chi connectivity index (χ3v) is 2.53. The number of benzene rings is 2. The molecule has 0 heterocycles. The summed E-state index contributed by atoms with van der Waals surface area (Å²) < 4.78 is 0. The number of Topliss-reactive ketones (excluding diaryl/α,β-unsaturated/α-hetero) is 1. The lowest BCUT2D eigenvalue weighted by Gasteiger charge is -1.99. The molecule has 0 unspecified atom stereocenters. The average Bonchev–Trinajstić information content (AvgIpc) is 2.42. The molecule has 0 aliphatic heterocycles. The lowest BCUT2D eigenvalue weighted by molar-refractivity contribution is 0.107. The summed E-state index contributed by atoms with van der Waals surface area (Å²) in [6.07, 6.45) is 1.25. The van der Waals surface area contributed by atoms with Crippen molar-refractivity contribution in [3.05, 3.63) is 65.2 Å². The number of hydrogen-bond donors (Lipinski definition) is 1. The van der Waals surface area contributed by atoms with Crippen LogP contribution in [0.2, 0.25) is 5.02 Å². The number of carbonyl (C=O) groups is 1. The molecule has 0 saturated carbocycles. The zero-order valence-electron chi connectivity index (χ0n) is 9.51. The van der Waals surface area contributed by atoms with Crippen molar-refractivity contribution in [1.29, 1.82) is 0 Å². The summed E-state index contributed by atoms with van der Waals surface area (Å²) in [5.74, 6) is -0.142. The fraction of sp³-hybridized carbons (Fsp3) is 0. The van der Waals surface area contributed by atoms with Crippen molar-refractivity contribution in [1.82, 2.24) is 0 Å². The molecule has 3 nitrogen and oxygen atoms in total. The molecular weight excluding hydrogens is 248 g/mol. The van der Waals surface area contributed by atoms with Crippen LogP contribution in [0, 0.1) is 0 Å². The predicted molar refractivity (Wildman–Crippen MR) is 74.3 cm³/mol. The summed E-state index contributed by atoms with van der Waals surface area (Å²) in [5.41, 5.74) is 4.15. The van der Waals surface area contributed by atoms with Gasteiger partial charge in [-0.1, -0.05) is 41.9 Å². The molecule has 0 atom stereocenters. The van der Waals surface area contributed by atoms with Crippen molar-refractivity contribution in [2.24, 2.45) is 5.10 Å².